The molecule has 0 unspecified atom stereocenters. The number of carbonyl (C=O) groups excluding carboxylic acids is 1. The predicted octanol–water partition coefficient (Wildman–Crippen LogP) is 5.72. The standard InChI is InChI=1S/C19H13F6NO4S2/c1-8-10(5-15(27)28)11-4-14(30-2)12(20)6-13(11)26(8)17(29)9-3-16(31-7-9)32-19(24,25)18(21,22)23/h3-4,6-7H,5H2,1-2H3,(H,27,28). The molecule has 0 saturated heterocycles. The number of aliphatic carboxylic acids is 1. The van der Waals surface area contributed by atoms with Crippen LogP contribution in [0.5, 0.6) is 5.75 Å². The number of nitrogens with zero attached hydrogens (tertiary/aromatic N) is 1. The van der Waals surface area contributed by atoms with Crippen LogP contribution >= 0.6 is 23.1 Å². The van der Waals surface area contributed by atoms with Gasteiger partial charge in [0.15, 0.2) is 11.6 Å². The van der Waals surface area contributed by atoms with Crippen molar-refractivity contribution in [3.05, 3.63) is 46.2 Å². The summed E-state index contributed by atoms with van der Waals surface area (Å²) in [5.74, 6) is -3.07. The molecule has 0 radical (unpaired) electrons. The summed E-state index contributed by atoms with van der Waals surface area (Å²) in [5.41, 5.74) is 0.144. The molecule has 0 aliphatic heterocycles. The number of alkyl halides is 5. The third-order valence-electron chi connectivity index (χ3n) is 4.52. The van der Waals surface area contributed by atoms with Crippen molar-refractivity contribution in [3.63, 3.8) is 0 Å². The average molecular weight is 497 g/mol. The summed E-state index contributed by atoms with van der Waals surface area (Å²) in [5, 5.41) is 5.48. The molecule has 2 heterocycles. The number of thioether (sulfide) groups is 1. The maximum atomic E-state index is 14.3. The van der Waals surface area contributed by atoms with Gasteiger partial charge in [0.05, 0.1) is 28.8 Å². The Balaban J connectivity index is 2.09. The van der Waals surface area contributed by atoms with E-state index < -0.39 is 51.5 Å². The Kier molecular flexibility index (Phi) is 6.26. The lowest BCUT2D eigenvalue weighted by molar-refractivity contribution is -0.237. The number of thiophene rings is 1. The molecule has 1 N–H and O–H groups in total. The van der Waals surface area contributed by atoms with Crippen molar-refractivity contribution in [1.82, 2.24) is 4.57 Å². The van der Waals surface area contributed by atoms with Crippen LogP contribution in [0.1, 0.15) is 21.6 Å². The van der Waals surface area contributed by atoms with Gasteiger partial charge in [-0.25, -0.2) is 4.39 Å². The number of carbonyl (C=O) groups is 2. The molecule has 0 spiro atoms. The van der Waals surface area contributed by atoms with Gasteiger partial charge in [0.25, 0.3) is 5.91 Å². The molecular weight excluding hydrogens is 484 g/mol. The van der Waals surface area contributed by atoms with Crippen LogP contribution in [0.4, 0.5) is 26.3 Å². The van der Waals surface area contributed by atoms with Gasteiger partial charge in [-0.15, -0.1) is 11.3 Å². The number of carboxylic acid groups (broad SMARTS) is 1. The van der Waals surface area contributed by atoms with Crippen LogP contribution in [0.3, 0.4) is 0 Å². The number of halogens is 6. The van der Waals surface area contributed by atoms with Gasteiger partial charge >= 0.3 is 17.4 Å². The van der Waals surface area contributed by atoms with Crippen molar-refractivity contribution in [2.45, 2.75) is 29.0 Å². The number of hydrogen-bond donors (Lipinski definition) is 1. The molecule has 3 rings (SSSR count). The largest absolute Gasteiger partial charge is 0.494 e. The summed E-state index contributed by atoms with van der Waals surface area (Å²) in [6.45, 7) is 1.42. The van der Waals surface area contributed by atoms with Crippen LogP contribution < -0.4 is 4.74 Å². The highest BCUT2D eigenvalue weighted by atomic mass is 32.2. The highest BCUT2D eigenvalue weighted by Crippen LogP contribution is 2.49. The highest BCUT2D eigenvalue weighted by Gasteiger charge is 2.58. The van der Waals surface area contributed by atoms with Gasteiger partial charge in [0, 0.05) is 22.5 Å². The van der Waals surface area contributed by atoms with Crippen LogP contribution in [0.25, 0.3) is 10.9 Å². The highest BCUT2D eigenvalue weighted by molar-refractivity contribution is 8.02. The number of benzene rings is 1. The van der Waals surface area contributed by atoms with Crippen LogP contribution in [0, 0.1) is 12.7 Å². The molecule has 0 aliphatic rings. The molecule has 0 atom stereocenters. The van der Waals surface area contributed by atoms with Gasteiger partial charge in [0.1, 0.15) is 0 Å². The average Bonchev–Trinajstić information content (AvgIpc) is 3.22. The minimum atomic E-state index is -5.78. The van der Waals surface area contributed by atoms with E-state index in [1.54, 1.807) is 0 Å². The van der Waals surface area contributed by atoms with Gasteiger partial charge in [-0.2, -0.15) is 22.0 Å². The van der Waals surface area contributed by atoms with E-state index in [4.69, 9.17) is 4.74 Å². The molecule has 0 saturated carbocycles. The summed E-state index contributed by atoms with van der Waals surface area (Å²) in [6, 6.07) is 3.07. The molecule has 0 aliphatic carbocycles. The van der Waals surface area contributed by atoms with E-state index in [-0.39, 0.29) is 33.5 Å². The molecule has 0 fully saturated rings. The first-order valence-electron chi connectivity index (χ1n) is 8.62. The second-order valence-electron chi connectivity index (χ2n) is 6.55. The SMILES string of the molecule is COc1cc2c(CC(=O)O)c(C)n(C(=O)c3csc(SC(F)(F)C(F)(F)F)c3)c2cc1F. The van der Waals surface area contributed by atoms with E-state index >= 15 is 0 Å². The first-order chi connectivity index (χ1) is 14.8. The van der Waals surface area contributed by atoms with Crippen LogP contribution in [0.15, 0.2) is 27.8 Å². The molecule has 0 amide bonds. The Morgan fingerprint density at radius 2 is 1.84 bits per heavy atom. The third kappa shape index (κ3) is 4.31. The maximum Gasteiger partial charge on any atom is 0.464 e. The fourth-order valence-electron chi connectivity index (χ4n) is 3.07. The fourth-order valence-corrected chi connectivity index (χ4v) is 4.88. The van der Waals surface area contributed by atoms with Crippen molar-refractivity contribution in [2.75, 3.05) is 7.11 Å². The lowest BCUT2D eigenvalue weighted by Gasteiger charge is -2.17. The van der Waals surface area contributed by atoms with E-state index in [2.05, 4.69) is 0 Å². The van der Waals surface area contributed by atoms with E-state index in [9.17, 15) is 41.0 Å². The Hall–Kier alpha value is -2.67. The normalized spacial score (nSPS) is 12.4. The molecule has 1 aromatic carbocycles. The Labute approximate surface area is 184 Å². The Bertz CT molecular complexity index is 1210. The van der Waals surface area contributed by atoms with Gasteiger partial charge in [0.2, 0.25) is 0 Å². The summed E-state index contributed by atoms with van der Waals surface area (Å²) < 4.78 is 83.7. The lowest BCUT2D eigenvalue weighted by Crippen LogP contribution is -2.32. The Morgan fingerprint density at radius 1 is 1.19 bits per heavy atom. The third-order valence-corrected chi connectivity index (χ3v) is 6.59. The predicted molar refractivity (Wildman–Crippen MR) is 105 cm³/mol. The minimum absolute atomic E-state index is 0.00285. The number of aromatic nitrogens is 1. The zero-order chi connectivity index (χ0) is 24.0. The van der Waals surface area contributed by atoms with Gasteiger partial charge in [-0.05, 0) is 36.4 Å². The summed E-state index contributed by atoms with van der Waals surface area (Å²) in [6.07, 6.45) is -6.28. The molecule has 0 bridgehead atoms. The fraction of sp³-hybridized carbons (Fsp3) is 0.263. The molecule has 13 heteroatoms. The van der Waals surface area contributed by atoms with E-state index in [1.807, 2.05) is 0 Å². The number of carboxylic acids is 1. The van der Waals surface area contributed by atoms with Crippen LogP contribution in [-0.4, -0.2) is 40.1 Å². The Morgan fingerprint density at radius 3 is 2.41 bits per heavy atom. The maximum absolute atomic E-state index is 14.3. The topological polar surface area (TPSA) is 68.5 Å². The van der Waals surface area contributed by atoms with Crippen LogP contribution in [-0.2, 0) is 11.2 Å². The molecule has 5 nitrogen and oxygen atoms in total. The summed E-state index contributed by atoms with van der Waals surface area (Å²) in [7, 11) is 1.21. The van der Waals surface area contributed by atoms with Gasteiger partial charge in [-0.3, -0.25) is 14.2 Å². The lowest BCUT2D eigenvalue weighted by atomic mass is 10.1. The number of hydrogen-bond acceptors (Lipinski definition) is 5. The minimum Gasteiger partial charge on any atom is -0.494 e. The first-order valence-corrected chi connectivity index (χ1v) is 10.3. The molecule has 3 aromatic rings. The molecule has 32 heavy (non-hydrogen) atoms. The monoisotopic (exact) mass is 497 g/mol. The van der Waals surface area contributed by atoms with Crippen molar-refractivity contribution < 1.29 is 45.8 Å². The zero-order valence-corrected chi connectivity index (χ0v) is 17.9. The van der Waals surface area contributed by atoms with Crippen molar-refractivity contribution >= 4 is 45.9 Å². The van der Waals surface area contributed by atoms with E-state index in [1.165, 1.54) is 20.1 Å². The second kappa shape index (κ2) is 8.35. The van der Waals surface area contributed by atoms with Crippen molar-refractivity contribution in [3.8, 4) is 5.75 Å². The zero-order valence-electron chi connectivity index (χ0n) is 16.2. The summed E-state index contributed by atoms with van der Waals surface area (Å²) in [4.78, 5) is 24.4. The number of ether oxygens (including phenoxy) is 1. The van der Waals surface area contributed by atoms with E-state index in [0.717, 1.165) is 22.1 Å². The summed E-state index contributed by atoms with van der Waals surface area (Å²) >= 11 is -0.226. The molecule has 172 valence electrons. The number of methoxy groups -OCH3 is 1. The van der Waals surface area contributed by atoms with Crippen molar-refractivity contribution in [1.29, 1.82) is 0 Å². The van der Waals surface area contributed by atoms with E-state index in [0.29, 0.717) is 11.3 Å². The molecular formula is C19H13F6NO4S2. The van der Waals surface area contributed by atoms with Gasteiger partial charge in [-0.1, -0.05) is 0 Å². The molecule has 2 aromatic heterocycles. The second-order valence-corrected chi connectivity index (χ2v) is 8.88. The van der Waals surface area contributed by atoms with Crippen molar-refractivity contribution in [2.24, 2.45) is 0 Å². The number of fused-ring (bicyclic) bond motifs is 1. The first kappa shape index (κ1) is 24.0. The quantitative estimate of drug-likeness (QED) is 0.349. The van der Waals surface area contributed by atoms with Gasteiger partial charge < -0.3 is 9.84 Å². The smallest absolute Gasteiger partial charge is 0.464 e. The van der Waals surface area contributed by atoms with Crippen LogP contribution in [0.2, 0.25) is 0 Å². The number of rotatable bonds is 6.